The summed E-state index contributed by atoms with van der Waals surface area (Å²) >= 11 is 0. The summed E-state index contributed by atoms with van der Waals surface area (Å²) < 4.78 is 30.8. The number of sulfone groups is 1. The van der Waals surface area contributed by atoms with Crippen LogP contribution in [0.4, 0.5) is 0 Å². The molecule has 0 aliphatic carbocycles. The first-order valence-electron chi connectivity index (χ1n) is 6.86. The van der Waals surface area contributed by atoms with Crippen molar-refractivity contribution in [2.45, 2.75) is 17.4 Å². The van der Waals surface area contributed by atoms with Crippen molar-refractivity contribution in [1.82, 2.24) is 0 Å². The minimum absolute atomic E-state index is 0.114. The molecule has 0 spiro atoms. The molecule has 22 heavy (non-hydrogen) atoms. The monoisotopic (exact) mass is 316 g/mol. The average molecular weight is 316 g/mol. The highest BCUT2D eigenvalue weighted by molar-refractivity contribution is 7.95. The molecular formula is C17H16O4S. The summed E-state index contributed by atoms with van der Waals surface area (Å²) in [7, 11) is -3.83. The normalized spacial score (nSPS) is 21.3. The molecule has 5 heteroatoms. The van der Waals surface area contributed by atoms with Crippen LogP contribution in [0.2, 0.25) is 0 Å². The molecule has 2 aromatic rings. The van der Waals surface area contributed by atoms with Crippen LogP contribution < -0.4 is 0 Å². The zero-order valence-electron chi connectivity index (χ0n) is 12.1. The van der Waals surface area contributed by atoms with E-state index in [4.69, 9.17) is 4.74 Å². The van der Waals surface area contributed by atoms with Crippen LogP contribution in [0.5, 0.6) is 0 Å². The van der Waals surface area contributed by atoms with Crippen LogP contribution in [0.1, 0.15) is 11.1 Å². The lowest BCUT2D eigenvalue weighted by Crippen LogP contribution is -2.32. The number of hydrogen-bond acceptors (Lipinski definition) is 4. The summed E-state index contributed by atoms with van der Waals surface area (Å²) in [6.07, 6.45) is 1.14. The molecule has 1 N–H and O–H groups in total. The Bertz CT molecular complexity index is 807. The minimum atomic E-state index is -3.83. The van der Waals surface area contributed by atoms with E-state index in [1.54, 1.807) is 42.5 Å². The van der Waals surface area contributed by atoms with Gasteiger partial charge in [-0.3, -0.25) is 0 Å². The second kappa shape index (κ2) is 5.26. The largest absolute Gasteiger partial charge is 0.496 e. The second-order valence-corrected chi connectivity index (χ2v) is 7.25. The van der Waals surface area contributed by atoms with Crippen LogP contribution in [-0.4, -0.2) is 20.1 Å². The zero-order valence-corrected chi connectivity index (χ0v) is 12.9. The first-order chi connectivity index (χ1) is 10.4. The molecule has 0 bridgehead atoms. The Morgan fingerprint density at radius 2 is 1.68 bits per heavy atom. The highest BCUT2D eigenvalue weighted by Gasteiger charge is 2.46. The Kier molecular flexibility index (Phi) is 3.54. The Morgan fingerprint density at radius 1 is 1.05 bits per heavy atom. The standard InChI is InChI=1S/C17H16O4S/c1-13-7-9-15(10-8-13)22(19,20)16-11-21-12-17(16,18)14-5-3-2-4-6-14/h2-11,18H,12H2,1H3. The van der Waals surface area contributed by atoms with E-state index >= 15 is 0 Å². The SMILES string of the molecule is Cc1ccc(S(=O)(=O)C2=COCC2(O)c2ccccc2)cc1. The Morgan fingerprint density at radius 3 is 2.32 bits per heavy atom. The quantitative estimate of drug-likeness (QED) is 0.945. The lowest BCUT2D eigenvalue weighted by Gasteiger charge is -2.24. The van der Waals surface area contributed by atoms with Crippen molar-refractivity contribution in [2.75, 3.05) is 6.61 Å². The third kappa shape index (κ3) is 2.32. The molecular weight excluding hydrogens is 300 g/mol. The van der Waals surface area contributed by atoms with Crippen molar-refractivity contribution in [2.24, 2.45) is 0 Å². The van der Waals surface area contributed by atoms with Crippen molar-refractivity contribution in [3.05, 3.63) is 76.9 Å². The second-order valence-electron chi connectivity index (χ2n) is 5.34. The predicted molar refractivity (Wildman–Crippen MR) is 82.7 cm³/mol. The molecule has 2 aromatic carbocycles. The third-order valence-corrected chi connectivity index (χ3v) is 5.67. The van der Waals surface area contributed by atoms with Gasteiger partial charge in [0, 0.05) is 0 Å². The van der Waals surface area contributed by atoms with Crippen LogP contribution in [0, 0.1) is 6.92 Å². The fourth-order valence-corrected chi connectivity index (χ4v) is 4.04. The lowest BCUT2D eigenvalue weighted by molar-refractivity contribution is 0.0404. The minimum Gasteiger partial charge on any atom is -0.496 e. The molecule has 1 heterocycles. The lowest BCUT2D eigenvalue weighted by atomic mass is 9.96. The third-order valence-electron chi connectivity index (χ3n) is 3.76. The molecule has 1 aliphatic heterocycles. The maximum absolute atomic E-state index is 12.8. The molecule has 0 amide bonds. The first kappa shape index (κ1) is 14.8. The molecule has 3 rings (SSSR count). The van der Waals surface area contributed by atoms with E-state index < -0.39 is 15.4 Å². The van der Waals surface area contributed by atoms with E-state index in [9.17, 15) is 13.5 Å². The number of benzene rings is 2. The van der Waals surface area contributed by atoms with Gasteiger partial charge < -0.3 is 9.84 Å². The summed E-state index contributed by atoms with van der Waals surface area (Å²) in [5, 5.41) is 10.9. The summed E-state index contributed by atoms with van der Waals surface area (Å²) in [4.78, 5) is 0.0132. The number of aryl methyl sites for hydroxylation is 1. The molecule has 0 aromatic heterocycles. The van der Waals surface area contributed by atoms with Gasteiger partial charge >= 0.3 is 0 Å². The van der Waals surface area contributed by atoms with Crippen molar-refractivity contribution in [3.8, 4) is 0 Å². The van der Waals surface area contributed by atoms with Gasteiger partial charge in [0.15, 0.2) is 5.60 Å². The molecule has 0 saturated carbocycles. The van der Waals surface area contributed by atoms with Gasteiger partial charge in [-0.1, -0.05) is 48.0 Å². The predicted octanol–water partition coefficient (Wildman–Crippen LogP) is 2.53. The van der Waals surface area contributed by atoms with Crippen LogP contribution >= 0.6 is 0 Å². The van der Waals surface area contributed by atoms with Gasteiger partial charge in [0.1, 0.15) is 17.8 Å². The van der Waals surface area contributed by atoms with Crippen LogP contribution in [0.3, 0.4) is 0 Å². The fraction of sp³-hybridized carbons (Fsp3) is 0.176. The van der Waals surface area contributed by atoms with E-state index in [-0.39, 0.29) is 16.4 Å². The van der Waals surface area contributed by atoms with Gasteiger partial charge in [-0.15, -0.1) is 0 Å². The number of rotatable bonds is 3. The maximum atomic E-state index is 12.8. The maximum Gasteiger partial charge on any atom is 0.209 e. The molecule has 1 atom stereocenters. The molecule has 0 radical (unpaired) electrons. The van der Waals surface area contributed by atoms with Gasteiger partial charge in [0.05, 0.1) is 4.90 Å². The highest BCUT2D eigenvalue weighted by Crippen LogP contribution is 2.40. The number of hydrogen-bond donors (Lipinski definition) is 1. The van der Waals surface area contributed by atoms with Crippen molar-refractivity contribution in [3.63, 3.8) is 0 Å². The Balaban J connectivity index is 2.08. The van der Waals surface area contributed by atoms with Gasteiger partial charge in [-0.2, -0.15) is 0 Å². The summed E-state index contributed by atoms with van der Waals surface area (Å²) in [5.41, 5.74) is -0.200. The number of ether oxygens (including phenoxy) is 1. The van der Waals surface area contributed by atoms with Gasteiger partial charge in [0.25, 0.3) is 0 Å². The van der Waals surface area contributed by atoms with Crippen LogP contribution in [0.15, 0.2) is 70.7 Å². The molecule has 0 fully saturated rings. The first-order valence-corrected chi connectivity index (χ1v) is 8.35. The summed E-state index contributed by atoms with van der Waals surface area (Å²) in [6, 6.07) is 15.2. The highest BCUT2D eigenvalue weighted by atomic mass is 32.2. The van der Waals surface area contributed by atoms with Gasteiger partial charge in [0.2, 0.25) is 9.84 Å². The van der Waals surface area contributed by atoms with E-state index in [0.29, 0.717) is 5.56 Å². The van der Waals surface area contributed by atoms with Crippen LogP contribution in [-0.2, 0) is 20.2 Å². The topological polar surface area (TPSA) is 63.6 Å². The molecule has 0 saturated heterocycles. The zero-order chi connectivity index (χ0) is 15.8. The van der Waals surface area contributed by atoms with Crippen molar-refractivity contribution in [1.29, 1.82) is 0 Å². The van der Waals surface area contributed by atoms with E-state index in [0.717, 1.165) is 11.8 Å². The fourth-order valence-electron chi connectivity index (χ4n) is 2.48. The molecule has 1 aliphatic rings. The summed E-state index contributed by atoms with van der Waals surface area (Å²) in [6.45, 7) is 1.77. The summed E-state index contributed by atoms with van der Waals surface area (Å²) in [5.74, 6) is 0. The Hall–Kier alpha value is -2.11. The van der Waals surface area contributed by atoms with E-state index in [1.807, 2.05) is 6.92 Å². The van der Waals surface area contributed by atoms with Gasteiger partial charge in [-0.25, -0.2) is 8.42 Å². The van der Waals surface area contributed by atoms with Crippen molar-refractivity contribution < 1.29 is 18.3 Å². The smallest absolute Gasteiger partial charge is 0.209 e. The van der Waals surface area contributed by atoms with E-state index in [1.165, 1.54) is 12.1 Å². The average Bonchev–Trinajstić information content (AvgIpc) is 2.93. The number of aliphatic hydroxyl groups is 1. The molecule has 4 nitrogen and oxygen atoms in total. The van der Waals surface area contributed by atoms with Crippen molar-refractivity contribution >= 4 is 9.84 Å². The van der Waals surface area contributed by atoms with Gasteiger partial charge in [-0.05, 0) is 24.6 Å². The molecule has 114 valence electrons. The Labute approximate surface area is 129 Å². The molecule has 1 unspecified atom stereocenters. The van der Waals surface area contributed by atoms with Crippen LogP contribution in [0.25, 0.3) is 0 Å². The van der Waals surface area contributed by atoms with E-state index in [2.05, 4.69) is 0 Å².